The van der Waals surface area contributed by atoms with Crippen molar-refractivity contribution >= 4 is 11.8 Å². The number of aryl methyl sites for hydroxylation is 2. The van der Waals surface area contributed by atoms with Gasteiger partial charge < -0.3 is 5.32 Å². The molecule has 1 unspecified atom stereocenters. The van der Waals surface area contributed by atoms with Crippen LogP contribution in [0.3, 0.4) is 0 Å². The van der Waals surface area contributed by atoms with Gasteiger partial charge in [0, 0.05) is 24.1 Å². The van der Waals surface area contributed by atoms with Crippen molar-refractivity contribution in [2.75, 3.05) is 12.3 Å². The number of hydrogen-bond acceptors (Lipinski definition) is 2. The fraction of sp³-hybridized carbons (Fsp3) is 0.600. The van der Waals surface area contributed by atoms with Crippen molar-refractivity contribution in [3.8, 4) is 0 Å². The fourth-order valence-electron chi connectivity index (χ4n) is 1.86. The molecule has 1 aromatic carbocycles. The minimum Gasteiger partial charge on any atom is -0.313 e. The summed E-state index contributed by atoms with van der Waals surface area (Å²) in [5.74, 6) is 2.32. The van der Waals surface area contributed by atoms with E-state index >= 15 is 0 Å². The van der Waals surface area contributed by atoms with Crippen LogP contribution in [-0.2, 0) is 5.75 Å². The molecule has 0 spiro atoms. The number of benzene rings is 1. The average Bonchev–Trinajstić information content (AvgIpc) is 2.27. The van der Waals surface area contributed by atoms with E-state index in [9.17, 15) is 0 Å². The Morgan fingerprint density at radius 1 is 1.18 bits per heavy atom. The van der Waals surface area contributed by atoms with Crippen molar-refractivity contribution in [1.29, 1.82) is 0 Å². The summed E-state index contributed by atoms with van der Waals surface area (Å²) < 4.78 is 0. The van der Waals surface area contributed by atoms with Gasteiger partial charge in [0.05, 0.1) is 0 Å². The lowest BCUT2D eigenvalue weighted by atomic mass is 10.1. The van der Waals surface area contributed by atoms with E-state index < -0.39 is 0 Å². The molecule has 1 aromatic rings. The van der Waals surface area contributed by atoms with Crippen LogP contribution in [0.1, 0.15) is 37.0 Å². The lowest BCUT2D eigenvalue weighted by Gasteiger charge is -2.10. The van der Waals surface area contributed by atoms with Gasteiger partial charge in [-0.1, -0.05) is 36.2 Å². The van der Waals surface area contributed by atoms with Crippen molar-refractivity contribution in [1.82, 2.24) is 5.32 Å². The SMILES string of the molecule is CCC(C)NCCSCc1cc(C)cc(C)c1. The van der Waals surface area contributed by atoms with E-state index in [2.05, 4.69) is 51.2 Å². The van der Waals surface area contributed by atoms with Gasteiger partial charge in [0.2, 0.25) is 0 Å². The van der Waals surface area contributed by atoms with Crippen LogP contribution in [0.15, 0.2) is 18.2 Å². The first-order valence-electron chi connectivity index (χ1n) is 6.50. The molecule has 1 rings (SSSR count). The van der Waals surface area contributed by atoms with Crippen LogP contribution in [0, 0.1) is 13.8 Å². The molecule has 0 fully saturated rings. The lowest BCUT2D eigenvalue weighted by Crippen LogP contribution is -2.27. The molecule has 0 radical (unpaired) electrons. The van der Waals surface area contributed by atoms with Gasteiger partial charge in [0.15, 0.2) is 0 Å². The summed E-state index contributed by atoms with van der Waals surface area (Å²) in [6.45, 7) is 9.93. The first-order valence-corrected chi connectivity index (χ1v) is 7.65. The first kappa shape index (κ1) is 14.6. The van der Waals surface area contributed by atoms with Gasteiger partial charge in [-0.25, -0.2) is 0 Å². The maximum Gasteiger partial charge on any atom is 0.0185 e. The Hall–Kier alpha value is -0.470. The Morgan fingerprint density at radius 2 is 1.82 bits per heavy atom. The minimum atomic E-state index is 0.650. The third-order valence-electron chi connectivity index (χ3n) is 2.90. The zero-order valence-electron chi connectivity index (χ0n) is 11.5. The summed E-state index contributed by atoms with van der Waals surface area (Å²) in [5, 5.41) is 3.52. The largest absolute Gasteiger partial charge is 0.313 e. The number of thioether (sulfide) groups is 1. The Morgan fingerprint density at radius 3 is 2.41 bits per heavy atom. The van der Waals surface area contributed by atoms with Crippen LogP contribution in [0.2, 0.25) is 0 Å². The van der Waals surface area contributed by atoms with Gasteiger partial charge in [-0.2, -0.15) is 11.8 Å². The third-order valence-corrected chi connectivity index (χ3v) is 3.93. The van der Waals surface area contributed by atoms with Crippen molar-refractivity contribution in [3.05, 3.63) is 34.9 Å². The molecule has 0 saturated heterocycles. The fourth-order valence-corrected chi connectivity index (χ4v) is 2.67. The summed E-state index contributed by atoms with van der Waals surface area (Å²) in [5.41, 5.74) is 4.20. The molecular weight excluding hydrogens is 226 g/mol. The maximum atomic E-state index is 3.52. The quantitative estimate of drug-likeness (QED) is 0.737. The highest BCUT2D eigenvalue weighted by Crippen LogP contribution is 2.15. The third kappa shape index (κ3) is 6.13. The van der Waals surface area contributed by atoms with Crippen LogP contribution in [0.4, 0.5) is 0 Å². The summed E-state index contributed by atoms with van der Waals surface area (Å²) in [7, 11) is 0. The van der Waals surface area contributed by atoms with E-state index in [1.165, 1.54) is 28.9 Å². The van der Waals surface area contributed by atoms with E-state index in [0.717, 1.165) is 12.3 Å². The topological polar surface area (TPSA) is 12.0 Å². The van der Waals surface area contributed by atoms with Crippen LogP contribution >= 0.6 is 11.8 Å². The van der Waals surface area contributed by atoms with Gasteiger partial charge >= 0.3 is 0 Å². The Labute approximate surface area is 110 Å². The molecular formula is C15H25NS. The highest BCUT2D eigenvalue weighted by Gasteiger charge is 1.98. The molecule has 1 N–H and O–H groups in total. The molecule has 0 aliphatic rings. The first-order chi connectivity index (χ1) is 8.11. The Balaban J connectivity index is 2.22. The highest BCUT2D eigenvalue weighted by atomic mass is 32.2. The normalized spacial score (nSPS) is 12.7. The summed E-state index contributed by atoms with van der Waals surface area (Å²) in [6, 6.07) is 7.47. The van der Waals surface area contributed by atoms with E-state index in [1.807, 2.05) is 11.8 Å². The van der Waals surface area contributed by atoms with E-state index in [4.69, 9.17) is 0 Å². The van der Waals surface area contributed by atoms with E-state index in [-0.39, 0.29) is 0 Å². The lowest BCUT2D eigenvalue weighted by molar-refractivity contribution is 0.555. The second-order valence-corrected chi connectivity index (χ2v) is 5.92. The molecule has 0 saturated carbocycles. The predicted octanol–water partition coefficient (Wildman–Crippen LogP) is 3.92. The Kier molecular flexibility index (Phi) is 6.68. The molecule has 2 heteroatoms. The van der Waals surface area contributed by atoms with Gasteiger partial charge in [-0.15, -0.1) is 0 Å². The molecule has 1 nitrogen and oxygen atoms in total. The minimum absolute atomic E-state index is 0.650. The van der Waals surface area contributed by atoms with Gasteiger partial charge in [-0.05, 0) is 32.8 Å². The van der Waals surface area contributed by atoms with Crippen molar-refractivity contribution in [2.24, 2.45) is 0 Å². The van der Waals surface area contributed by atoms with Gasteiger partial charge in [0.25, 0.3) is 0 Å². The zero-order valence-corrected chi connectivity index (χ0v) is 12.4. The van der Waals surface area contributed by atoms with Crippen LogP contribution in [0.5, 0.6) is 0 Å². The highest BCUT2D eigenvalue weighted by molar-refractivity contribution is 7.98. The number of nitrogens with one attached hydrogen (secondary N) is 1. The molecule has 17 heavy (non-hydrogen) atoms. The molecule has 0 heterocycles. The van der Waals surface area contributed by atoms with Crippen LogP contribution in [-0.4, -0.2) is 18.3 Å². The molecule has 0 amide bonds. The second kappa shape index (κ2) is 7.78. The van der Waals surface area contributed by atoms with E-state index in [1.54, 1.807) is 0 Å². The second-order valence-electron chi connectivity index (χ2n) is 4.81. The number of rotatable bonds is 7. The molecule has 0 aromatic heterocycles. The predicted molar refractivity (Wildman–Crippen MR) is 79.8 cm³/mol. The van der Waals surface area contributed by atoms with E-state index in [0.29, 0.717) is 6.04 Å². The molecule has 0 aliphatic heterocycles. The molecule has 0 aliphatic carbocycles. The zero-order chi connectivity index (χ0) is 12.7. The van der Waals surface area contributed by atoms with Crippen molar-refractivity contribution < 1.29 is 0 Å². The average molecular weight is 251 g/mol. The van der Waals surface area contributed by atoms with Crippen molar-refractivity contribution in [3.63, 3.8) is 0 Å². The van der Waals surface area contributed by atoms with Gasteiger partial charge in [-0.3, -0.25) is 0 Å². The van der Waals surface area contributed by atoms with Crippen LogP contribution in [0.25, 0.3) is 0 Å². The standard InChI is InChI=1S/C15H25NS/c1-5-14(4)16-6-7-17-11-15-9-12(2)8-13(3)10-15/h8-10,14,16H,5-7,11H2,1-4H3. The number of hydrogen-bond donors (Lipinski definition) is 1. The Bertz CT molecular complexity index is 315. The molecule has 0 bridgehead atoms. The van der Waals surface area contributed by atoms with Crippen LogP contribution < -0.4 is 5.32 Å². The van der Waals surface area contributed by atoms with Gasteiger partial charge in [0.1, 0.15) is 0 Å². The monoisotopic (exact) mass is 251 g/mol. The summed E-state index contributed by atoms with van der Waals surface area (Å²) in [6.07, 6.45) is 1.21. The summed E-state index contributed by atoms with van der Waals surface area (Å²) in [4.78, 5) is 0. The summed E-state index contributed by atoms with van der Waals surface area (Å²) >= 11 is 2.01. The maximum absolute atomic E-state index is 3.52. The molecule has 1 atom stereocenters. The van der Waals surface area contributed by atoms with Crippen molar-refractivity contribution in [2.45, 2.75) is 45.9 Å². The molecule has 96 valence electrons. The smallest absolute Gasteiger partial charge is 0.0185 e.